The SMILES string of the molecule is C=CC(=O)Oc1ccc(C(=O)c2ccccc2)c(OCCO)c1. The molecule has 118 valence electrons. The lowest BCUT2D eigenvalue weighted by molar-refractivity contribution is -0.128. The fourth-order valence-electron chi connectivity index (χ4n) is 1.93. The third-order valence-electron chi connectivity index (χ3n) is 2.97. The summed E-state index contributed by atoms with van der Waals surface area (Å²) in [4.78, 5) is 23.8. The van der Waals surface area contributed by atoms with Gasteiger partial charge in [-0.3, -0.25) is 4.79 Å². The molecule has 0 radical (unpaired) electrons. The van der Waals surface area contributed by atoms with E-state index in [9.17, 15) is 9.59 Å². The number of carbonyl (C=O) groups is 2. The van der Waals surface area contributed by atoms with Gasteiger partial charge in [-0.25, -0.2) is 4.79 Å². The molecule has 0 saturated carbocycles. The van der Waals surface area contributed by atoms with Crippen molar-refractivity contribution in [3.63, 3.8) is 0 Å². The van der Waals surface area contributed by atoms with Crippen molar-refractivity contribution in [2.24, 2.45) is 0 Å². The zero-order valence-corrected chi connectivity index (χ0v) is 12.4. The minimum Gasteiger partial charge on any atom is -0.490 e. The van der Waals surface area contributed by atoms with Gasteiger partial charge >= 0.3 is 5.97 Å². The van der Waals surface area contributed by atoms with Crippen LogP contribution in [0.4, 0.5) is 0 Å². The predicted octanol–water partition coefficient (Wildman–Crippen LogP) is 2.38. The molecule has 0 bridgehead atoms. The first-order valence-corrected chi connectivity index (χ1v) is 6.97. The Bertz CT molecular complexity index is 707. The second-order valence-corrected chi connectivity index (χ2v) is 4.55. The lowest BCUT2D eigenvalue weighted by Gasteiger charge is -2.12. The molecule has 0 aliphatic heterocycles. The van der Waals surface area contributed by atoms with E-state index in [1.165, 1.54) is 18.2 Å². The molecule has 2 aromatic carbocycles. The highest BCUT2D eigenvalue weighted by Gasteiger charge is 2.16. The topological polar surface area (TPSA) is 72.8 Å². The average molecular weight is 312 g/mol. The zero-order valence-electron chi connectivity index (χ0n) is 12.4. The molecule has 0 aromatic heterocycles. The molecule has 0 heterocycles. The van der Waals surface area contributed by atoms with Crippen LogP contribution in [0.2, 0.25) is 0 Å². The van der Waals surface area contributed by atoms with E-state index >= 15 is 0 Å². The molecule has 2 aromatic rings. The van der Waals surface area contributed by atoms with Crippen LogP contribution in [0.3, 0.4) is 0 Å². The van der Waals surface area contributed by atoms with E-state index < -0.39 is 5.97 Å². The van der Waals surface area contributed by atoms with Crippen LogP contribution < -0.4 is 9.47 Å². The van der Waals surface area contributed by atoms with E-state index in [1.54, 1.807) is 24.3 Å². The summed E-state index contributed by atoms with van der Waals surface area (Å²) >= 11 is 0. The summed E-state index contributed by atoms with van der Waals surface area (Å²) in [6.07, 6.45) is 1.04. The first-order valence-electron chi connectivity index (χ1n) is 6.97. The van der Waals surface area contributed by atoms with Crippen molar-refractivity contribution < 1.29 is 24.2 Å². The molecule has 0 aliphatic rings. The quantitative estimate of drug-likeness (QED) is 0.368. The van der Waals surface area contributed by atoms with E-state index in [1.807, 2.05) is 6.07 Å². The van der Waals surface area contributed by atoms with Crippen LogP contribution in [-0.2, 0) is 4.79 Å². The third kappa shape index (κ3) is 4.28. The van der Waals surface area contributed by atoms with Gasteiger partial charge in [-0.1, -0.05) is 36.9 Å². The summed E-state index contributed by atoms with van der Waals surface area (Å²) in [5.41, 5.74) is 0.834. The number of esters is 1. The van der Waals surface area contributed by atoms with Crippen molar-refractivity contribution in [1.82, 2.24) is 0 Å². The Morgan fingerprint density at radius 2 is 1.87 bits per heavy atom. The summed E-state index contributed by atoms with van der Waals surface area (Å²) in [6, 6.07) is 13.2. The molecule has 23 heavy (non-hydrogen) atoms. The van der Waals surface area contributed by atoms with Crippen LogP contribution in [0, 0.1) is 0 Å². The molecule has 1 N–H and O–H groups in total. The summed E-state index contributed by atoms with van der Waals surface area (Å²) in [5.74, 6) is -0.366. The van der Waals surface area contributed by atoms with Gasteiger partial charge in [-0.05, 0) is 12.1 Å². The summed E-state index contributed by atoms with van der Waals surface area (Å²) in [7, 11) is 0. The van der Waals surface area contributed by atoms with Crippen molar-refractivity contribution in [2.75, 3.05) is 13.2 Å². The van der Waals surface area contributed by atoms with Gasteiger partial charge in [0.15, 0.2) is 5.78 Å². The molecule has 5 heteroatoms. The molecule has 0 fully saturated rings. The van der Waals surface area contributed by atoms with Crippen LogP contribution in [0.1, 0.15) is 15.9 Å². The van der Waals surface area contributed by atoms with Gasteiger partial charge in [0.25, 0.3) is 0 Å². The Morgan fingerprint density at radius 1 is 1.13 bits per heavy atom. The number of hydrogen-bond donors (Lipinski definition) is 1. The highest BCUT2D eigenvalue weighted by atomic mass is 16.5. The third-order valence-corrected chi connectivity index (χ3v) is 2.97. The molecule has 0 unspecified atom stereocenters. The van der Waals surface area contributed by atoms with Crippen molar-refractivity contribution in [1.29, 1.82) is 0 Å². The van der Waals surface area contributed by atoms with E-state index in [0.29, 0.717) is 11.1 Å². The molecule has 0 aliphatic carbocycles. The number of ether oxygens (including phenoxy) is 2. The highest BCUT2D eigenvalue weighted by Crippen LogP contribution is 2.27. The van der Waals surface area contributed by atoms with Crippen molar-refractivity contribution in [2.45, 2.75) is 0 Å². The molecular weight excluding hydrogens is 296 g/mol. The number of ketones is 1. The Kier molecular flexibility index (Phi) is 5.66. The van der Waals surface area contributed by atoms with Crippen LogP contribution in [0.15, 0.2) is 61.2 Å². The van der Waals surface area contributed by atoms with Gasteiger partial charge in [0.2, 0.25) is 0 Å². The van der Waals surface area contributed by atoms with Gasteiger partial charge in [-0.2, -0.15) is 0 Å². The zero-order chi connectivity index (χ0) is 16.7. The maximum Gasteiger partial charge on any atom is 0.335 e. The highest BCUT2D eigenvalue weighted by molar-refractivity contribution is 6.10. The number of benzene rings is 2. The molecule has 0 spiro atoms. The number of rotatable bonds is 7. The Balaban J connectivity index is 2.35. The van der Waals surface area contributed by atoms with Gasteiger partial charge in [0, 0.05) is 17.7 Å². The maximum atomic E-state index is 12.6. The smallest absolute Gasteiger partial charge is 0.335 e. The second kappa shape index (κ2) is 7.91. The standard InChI is InChI=1S/C18H16O5/c1-2-17(20)23-14-8-9-15(16(12-14)22-11-10-19)18(21)13-6-4-3-5-7-13/h2-9,12,19H,1,10-11H2. The van der Waals surface area contributed by atoms with Crippen molar-refractivity contribution >= 4 is 11.8 Å². The van der Waals surface area contributed by atoms with E-state index in [-0.39, 0.29) is 30.5 Å². The van der Waals surface area contributed by atoms with Gasteiger partial charge in [-0.15, -0.1) is 0 Å². The Hall–Kier alpha value is -2.92. The van der Waals surface area contributed by atoms with Crippen LogP contribution in [0.25, 0.3) is 0 Å². The first kappa shape index (κ1) is 16.5. The number of aliphatic hydroxyl groups excluding tert-OH is 1. The maximum absolute atomic E-state index is 12.6. The Labute approximate surface area is 133 Å². The number of carbonyl (C=O) groups excluding carboxylic acids is 2. The van der Waals surface area contributed by atoms with Gasteiger partial charge in [0.05, 0.1) is 12.2 Å². The molecular formula is C18H16O5. The fourth-order valence-corrected chi connectivity index (χ4v) is 1.93. The monoisotopic (exact) mass is 312 g/mol. The van der Waals surface area contributed by atoms with Crippen LogP contribution >= 0.6 is 0 Å². The minimum atomic E-state index is -0.611. The first-order chi connectivity index (χ1) is 11.2. The lowest BCUT2D eigenvalue weighted by Crippen LogP contribution is -2.09. The predicted molar refractivity (Wildman–Crippen MR) is 84.7 cm³/mol. The summed E-state index contributed by atoms with van der Waals surface area (Å²) in [6.45, 7) is 3.14. The van der Waals surface area contributed by atoms with E-state index in [4.69, 9.17) is 14.6 Å². The van der Waals surface area contributed by atoms with Crippen molar-refractivity contribution in [3.8, 4) is 11.5 Å². The van der Waals surface area contributed by atoms with Gasteiger partial charge < -0.3 is 14.6 Å². The van der Waals surface area contributed by atoms with E-state index in [2.05, 4.69) is 6.58 Å². The Morgan fingerprint density at radius 3 is 2.52 bits per heavy atom. The number of hydrogen-bond acceptors (Lipinski definition) is 5. The molecule has 0 saturated heterocycles. The molecule has 2 rings (SSSR count). The average Bonchev–Trinajstić information content (AvgIpc) is 2.60. The largest absolute Gasteiger partial charge is 0.490 e. The normalized spacial score (nSPS) is 9.96. The van der Waals surface area contributed by atoms with Crippen LogP contribution in [-0.4, -0.2) is 30.1 Å². The molecule has 0 amide bonds. The summed E-state index contributed by atoms with van der Waals surface area (Å²) < 4.78 is 10.4. The van der Waals surface area contributed by atoms with Gasteiger partial charge in [0.1, 0.15) is 18.1 Å². The molecule has 5 nitrogen and oxygen atoms in total. The molecule has 0 atom stereocenters. The minimum absolute atomic E-state index is 0.0218. The van der Waals surface area contributed by atoms with E-state index in [0.717, 1.165) is 6.08 Å². The second-order valence-electron chi connectivity index (χ2n) is 4.55. The van der Waals surface area contributed by atoms with Crippen LogP contribution in [0.5, 0.6) is 11.5 Å². The van der Waals surface area contributed by atoms with Crippen molar-refractivity contribution in [3.05, 3.63) is 72.3 Å². The fraction of sp³-hybridized carbons (Fsp3) is 0.111. The number of aliphatic hydroxyl groups is 1. The lowest BCUT2D eigenvalue weighted by atomic mass is 10.0. The summed E-state index contributed by atoms with van der Waals surface area (Å²) in [5, 5.41) is 8.92.